The second kappa shape index (κ2) is 8.08. The Morgan fingerprint density at radius 1 is 1.27 bits per heavy atom. The van der Waals surface area contributed by atoms with Crippen molar-refractivity contribution in [2.24, 2.45) is 0 Å². The highest BCUT2D eigenvalue weighted by atomic mass is 16.6. The zero-order chi connectivity index (χ0) is 21.3. The number of pyridine rings is 2. The molecule has 0 bridgehead atoms. The fourth-order valence-electron chi connectivity index (χ4n) is 3.80. The molecule has 0 spiro atoms. The Morgan fingerprint density at radius 3 is 2.87 bits per heavy atom. The van der Waals surface area contributed by atoms with Crippen molar-refractivity contribution in [1.82, 2.24) is 14.9 Å². The van der Waals surface area contributed by atoms with Crippen molar-refractivity contribution in [3.05, 3.63) is 75.1 Å². The first-order valence-corrected chi connectivity index (χ1v) is 9.70. The molecule has 0 amide bonds. The van der Waals surface area contributed by atoms with E-state index in [4.69, 9.17) is 10.5 Å². The van der Waals surface area contributed by atoms with Crippen LogP contribution in [0.4, 0.5) is 11.6 Å². The summed E-state index contributed by atoms with van der Waals surface area (Å²) in [5.74, 6) is 0.113. The number of likely N-dealkylation sites (N-methyl/N-ethyl adjacent to an activating group) is 1. The molecule has 0 aliphatic carbocycles. The molecule has 0 saturated carbocycles. The van der Waals surface area contributed by atoms with Crippen molar-refractivity contribution in [2.75, 3.05) is 19.3 Å². The lowest BCUT2D eigenvalue weighted by Gasteiger charge is -2.27. The van der Waals surface area contributed by atoms with Gasteiger partial charge in [0.05, 0.1) is 0 Å². The van der Waals surface area contributed by atoms with E-state index in [1.165, 1.54) is 22.9 Å². The molecule has 2 aromatic heterocycles. The molecule has 154 valence electrons. The van der Waals surface area contributed by atoms with E-state index in [0.717, 1.165) is 30.6 Å². The number of aromatic nitrogens is 2. The van der Waals surface area contributed by atoms with Gasteiger partial charge in [0, 0.05) is 36.5 Å². The number of hydrogen-bond acceptors (Lipinski definition) is 7. The van der Waals surface area contributed by atoms with E-state index in [2.05, 4.69) is 41.0 Å². The van der Waals surface area contributed by atoms with Gasteiger partial charge < -0.3 is 25.5 Å². The Kier molecular flexibility index (Phi) is 5.33. The van der Waals surface area contributed by atoms with Crippen LogP contribution in [0.15, 0.2) is 42.7 Å². The molecule has 4 rings (SSSR count). The first kappa shape index (κ1) is 19.8. The van der Waals surface area contributed by atoms with E-state index in [-0.39, 0.29) is 18.2 Å². The maximum Gasteiger partial charge on any atom is 0.406 e. The van der Waals surface area contributed by atoms with Gasteiger partial charge in [-0.05, 0) is 64.7 Å². The Bertz CT molecular complexity index is 1120. The van der Waals surface area contributed by atoms with Gasteiger partial charge in [-0.3, -0.25) is 0 Å². The highest BCUT2D eigenvalue weighted by molar-refractivity contribution is 5.68. The molecule has 0 atom stereocenters. The molecule has 1 aromatic carbocycles. The third kappa shape index (κ3) is 3.95. The summed E-state index contributed by atoms with van der Waals surface area (Å²) in [5.41, 5.74) is 12.1. The van der Waals surface area contributed by atoms with Crippen LogP contribution in [-0.2, 0) is 19.6 Å². The second-order valence-electron chi connectivity index (χ2n) is 7.56. The summed E-state index contributed by atoms with van der Waals surface area (Å²) in [6.07, 6.45) is 4.13. The predicted octanol–water partition coefficient (Wildman–Crippen LogP) is 3.51. The van der Waals surface area contributed by atoms with Gasteiger partial charge in [0.1, 0.15) is 18.6 Å². The molecule has 0 saturated heterocycles. The fraction of sp³-hybridized carbons (Fsp3) is 0.273. The van der Waals surface area contributed by atoms with Gasteiger partial charge in [0.2, 0.25) is 5.75 Å². The van der Waals surface area contributed by atoms with Crippen molar-refractivity contribution in [1.29, 1.82) is 0 Å². The van der Waals surface area contributed by atoms with Gasteiger partial charge >= 0.3 is 5.82 Å². The van der Waals surface area contributed by atoms with Crippen molar-refractivity contribution in [3.63, 3.8) is 0 Å². The van der Waals surface area contributed by atoms with Crippen LogP contribution >= 0.6 is 0 Å². The van der Waals surface area contributed by atoms with Crippen LogP contribution in [0, 0.1) is 17.0 Å². The van der Waals surface area contributed by atoms with Crippen molar-refractivity contribution >= 4 is 11.6 Å². The first-order valence-electron chi connectivity index (χ1n) is 9.70. The topological polar surface area (TPSA) is 107 Å². The van der Waals surface area contributed by atoms with Gasteiger partial charge in [-0.2, -0.15) is 0 Å². The molecule has 3 heterocycles. The Balaban J connectivity index is 1.69. The number of fused-ring (bicyclic) bond motifs is 1. The summed E-state index contributed by atoms with van der Waals surface area (Å²) in [5, 5.41) is 11.5. The summed E-state index contributed by atoms with van der Waals surface area (Å²) in [6, 6.07) is 9.44. The lowest BCUT2D eigenvalue weighted by Crippen LogP contribution is -2.27. The number of rotatable bonds is 5. The van der Waals surface area contributed by atoms with Crippen LogP contribution in [0.1, 0.15) is 22.3 Å². The van der Waals surface area contributed by atoms with E-state index in [1.54, 1.807) is 24.4 Å². The third-order valence-electron chi connectivity index (χ3n) is 5.40. The van der Waals surface area contributed by atoms with E-state index >= 15 is 0 Å². The maximum absolute atomic E-state index is 11.5. The van der Waals surface area contributed by atoms with Gasteiger partial charge in [0.25, 0.3) is 0 Å². The van der Waals surface area contributed by atoms with Crippen LogP contribution in [-0.4, -0.2) is 33.4 Å². The van der Waals surface area contributed by atoms with Crippen LogP contribution in [0.5, 0.6) is 5.75 Å². The van der Waals surface area contributed by atoms with Crippen molar-refractivity contribution in [3.8, 4) is 16.9 Å². The van der Waals surface area contributed by atoms with Crippen LogP contribution in [0.3, 0.4) is 0 Å². The number of nitrogens with two attached hydrogens (primary N) is 1. The molecule has 8 nitrogen and oxygen atoms in total. The largest absolute Gasteiger partial charge is 0.481 e. The van der Waals surface area contributed by atoms with E-state index in [1.807, 2.05) is 0 Å². The fourth-order valence-corrected chi connectivity index (χ4v) is 3.80. The van der Waals surface area contributed by atoms with Crippen molar-refractivity contribution < 1.29 is 9.66 Å². The van der Waals surface area contributed by atoms with Gasteiger partial charge in [-0.25, -0.2) is 4.98 Å². The summed E-state index contributed by atoms with van der Waals surface area (Å²) >= 11 is 0. The Morgan fingerprint density at radius 2 is 2.10 bits per heavy atom. The molecule has 8 heteroatoms. The Labute approximate surface area is 174 Å². The van der Waals surface area contributed by atoms with Crippen molar-refractivity contribution in [2.45, 2.75) is 26.5 Å². The maximum atomic E-state index is 11.5. The summed E-state index contributed by atoms with van der Waals surface area (Å²) < 4.78 is 5.76. The molecule has 1 aliphatic rings. The highest BCUT2D eigenvalue weighted by Gasteiger charge is 2.21. The van der Waals surface area contributed by atoms with Gasteiger partial charge in [-0.1, -0.05) is 12.1 Å². The second-order valence-corrected chi connectivity index (χ2v) is 7.56. The van der Waals surface area contributed by atoms with E-state index in [9.17, 15) is 10.1 Å². The molecule has 1 aliphatic heterocycles. The molecular weight excluding hydrogens is 382 g/mol. The quantitative estimate of drug-likeness (QED) is 0.511. The highest BCUT2D eigenvalue weighted by Crippen LogP contribution is 2.34. The van der Waals surface area contributed by atoms with Crippen LogP contribution in [0.2, 0.25) is 0 Å². The molecule has 0 unspecified atom stereocenters. The standard InChI is InChI=1S/C22H23N5O3/c1-14-8-16(9-18-12-26(2)7-5-19(14)18)17-10-20(22(25-11-17)27(28)29)30-13-15-4-3-6-24-21(15)23/h3-4,6,8-11H,5,7,12-13H2,1-2H3,(H2,23,24). The van der Waals surface area contributed by atoms with E-state index in [0.29, 0.717) is 11.4 Å². The number of anilines is 1. The molecule has 2 N–H and O–H groups in total. The number of hydrogen-bond donors (Lipinski definition) is 1. The number of nitrogens with zero attached hydrogens (tertiary/aromatic N) is 4. The Hall–Kier alpha value is -3.52. The third-order valence-corrected chi connectivity index (χ3v) is 5.40. The van der Waals surface area contributed by atoms with Gasteiger partial charge in [0.15, 0.2) is 0 Å². The number of aryl methyl sites for hydroxylation is 1. The summed E-state index contributed by atoms with van der Waals surface area (Å²) in [6.45, 7) is 4.10. The average Bonchev–Trinajstić information content (AvgIpc) is 2.72. The number of ether oxygens (including phenoxy) is 1. The minimum Gasteiger partial charge on any atom is -0.481 e. The number of nitrogen functional groups attached to an aromatic ring is 1. The van der Waals surface area contributed by atoms with Gasteiger partial charge in [-0.15, -0.1) is 0 Å². The van der Waals surface area contributed by atoms with Crippen LogP contribution in [0.25, 0.3) is 11.1 Å². The number of nitro groups is 1. The molecule has 3 aromatic rings. The lowest BCUT2D eigenvalue weighted by molar-refractivity contribution is -0.390. The van der Waals surface area contributed by atoms with Crippen LogP contribution < -0.4 is 10.5 Å². The molecule has 30 heavy (non-hydrogen) atoms. The normalized spacial score (nSPS) is 13.7. The zero-order valence-electron chi connectivity index (χ0n) is 17.0. The molecule has 0 fully saturated rings. The molecule has 0 radical (unpaired) electrons. The summed E-state index contributed by atoms with van der Waals surface area (Å²) in [7, 11) is 2.11. The van der Waals surface area contributed by atoms with E-state index < -0.39 is 4.92 Å². The SMILES string of the molecule is Cc1cc(-c2cnc([N+](=O)[O-])c(OCc3cccnc3N)c2)cc2c1CCN(C)C2. The summed E-state index contributed by atoms with van der Waals surface area (Å²) in [4.78, 5) is 21.3. The average molecular weight is 405 g/mol. The molecular formula is C22H23N5O3. The first-order chi connectivity index (χ1) is 14.4. The monoisotopic (exact) mass is 405 g/mol. The minimum absolute atomic E-state index is 0.0691. The smallest absolute Gasteiger partial charge is 0.406 e. The minimum atomic E-state index is -0.543. The zero-order valence-corrected chi connectivity index (χ0v) is 17.0. The number of benzene rings is 1. The predicted molar refractivity (Wildman–Crippen MR) is 114 cm³/mol. The lowest BCUT2D eigenvalue weighted by atomic mass is 9.91.